The summed E-state index contributed by atoms with van der Waals surface area (Å²) in [6.07, 6.45) is 38.0. The van der Waals surface area contributed by atoms with Gasteiger partial charge in [-0.3, -0.25) is 0 Å². The molecule has 6 rings (SSSR count). The van der Waals surface area contributed by atoms with Gasteiger partial charge < -0.3 is 0 Å². The van der Waals surface area contributed by atoms with Crippen LogP contribution in [0.5, 0.6) is 0 Å². The van der Waals surface area contributed by atoms with Crippen molar-refractivity contribution in [3.05, 3.63) is 0 Å². The predicted molar refractivity (Wildman–Crippen MR) is 147 cm³/mol. The van der Waals surface area contributed by atoms with E-state index in [2.05, 4.69) is 0 Å². The van der Waals surface area contributed by atoms with Crippen molar-refractivity contribution in [3.63, 3.8) is 0 Å². The Balaban J connectivity index is 0.000000152. The molecule has 0 radical (unpaired) electrons. The summed E-state index contributed by atoms with van der Waals surface area (Å²) in [6, 6.07) is 0. The SMILES string of the molecule is C1CCC(P(C2CCCC2)C2CCCC2)C1.C1CCC(P(C2CCCC2)C2CCCC2)C1.[Ru]. The summed E-state index contributed by atoms with van der Waals surface area (Å²) in [5, 5.41) is 0. The number of rotatable bonds is 6. The van der Waals surface area contributed by atoms with Crippen LogP contribution < -0.4 is 0 Å². The molecule has 0 aromatic heterocycles. The van der Waals surface area contributed by atoms with E-state index < -0.39 is 0 Å². The summed E-state index contributed by atoms with van der Waals surface area (Å²) in [4.78, 5) is 0. The van der Waals surface area contributed by atoms with Crippen molar-refractivity contribution < 1.29 is 19.5 Å². The third kappa shape index (κ3) is 7.29. The summed E-state index contributed by atoms with van der Waals surface area (Å²) in [6.45, 7) is 0. The van der Waals surface area contributed by atoms with E-state index >= 15 is 0 Å². The fourth-order valence-electron chi connectivity index (χ4n) is 9.00. The van der Waals surface area contributed by atoms with Gasteiger partial charge in [0.2, 0.25) is 0 Å². The van der Waals surface area contributed by atoms with Gasteiger partial charge in [0.1, 0.15) is 0 Å². The summed E-state index contributed by atoms with van der Waals surface area (Å²) in [5.41, 5.74) is 7.26. The van der Waals surface area contributed by atoms with Crippen LogP contribution in [0.2, 0.25) is 0 Å². The van der Waals surface area contributed by atoms with Gasteiger partial charge in [0.05, 0.1) is 0 Å². The summed E-state index contributed by atoms with van der Waals surface area (Å²) < 4.78 is 0. The second-order valence-electron chi connectivity index (χ2n) is 12.5. The number of hydrogen-bond acceptors (Lipinski definition) is 0. The normalized spacial score (nSPS) is 28.9. The minimum atomic E-state index is 0. The first-order chi connectivity index (χ1) is 15.9. The van der Waals surface area contributed by atoms with Crippen molar-refractivity contribution >= 4 is 15.8 Å². The molecule has 0 aromatic carbocycles. The van der Waals surface area contributed by atoms with Crippen LogP contribution >= 0.6 is 15.8 Å². The maximum Gasteiger partial charge on any atom is 0 e. The summed E-state index contributed by atoms with van der Waals surface area (Å²) in [5.74, 6) is 0. The van der Waals surface area contributed by atoms with Crippen molar-refractivity contribution in [3.8, 4) is 0 Å². The molecule has 0 saturated heterocycles. The average Bonchev–Trinajstić information content (AvgIpc) is 3.67. The molecular weight excluding hydrogens is 523 g/mol. The van der Waals surface area contributed by atoms with Gasteiger partial charge in [0.15, 0.2) is 0 Å². The van der Waals surface area contributed by atoms with E-state index in [-0.39, 0.29) is 19.5 Å². The van der Waals surface area contributed by atoms with Gasteiger partial charge in [-0.25, -0.2) is 0 Å². The molecule has 6 fully saturated rings. The minimum absolute atomic E-state index is 0. The first kappa shape index (κ1) is 27.5. The molecule has 6 aliphatic rings. The summed E-state index contributed by atoms with van der Waals surface area (Å²) >= 11 is 0. The van der Waals surface area contributed by atoms with Crippen LogP contribution in [0.4, 0.5) is 0 Å². The average molecular weight is 578 g/mol. The maximum atomic E-state index is 1.61. The first-order valence-electron chi connectivity index (χ1n) is 15.4. The Bertz CT molecular complexity index is 393. The maximum absolute atomic E-state index is 1.61. The van der Waals surface area contributed by atoms with Crippen LogP contribution in [-0.4, -0.2) is 34.0 Å². The third-order valence-electron chi connectivity index (χ3n) is 10.5. The van der Waals surface area contributed by atoms with Crippen molar-refractivity contribution in [2.24, 2.45) is 0 Å². The molecule has 0 unspecified atom stereocenters. The molecule has 0 bridgehead atoms. The van der Waals surface area contributed by atoms with Gasteiger partial charge in [-0.1, -0.05) is 92.9 Å². The standard InChI is InChI=1S/2C15H27P.Ru/c2*1-2-8-13(7-1)16(14-9-3-4-10-14)15-11-5-6-12-15;/h2*13-15H,1-12H2;. The molecule has 0 N–H and O–H groups in total. The second-order valence-corrected chi connectivity index (χ2v) is 18.7. The van der Waals surface area contributed by atoms with Crippen molar-refractivity contribution in [2.75, 3.05) is 0 Å². The Hall–Kier alpha value is 1.48. The Morgan fingerprint density at radius 2 is 0.364 bits per heavy atom. The van der Waals surface area contributed by atoms with Crippen molar-refractivity contribution in [2.45, 2.75) is 188 Å². The quantitative estimate of drug-likeness (QED) is 0.218. The molecule has 192 valence electrons. The molecule has 6 aliphatic carbocycles. The zero-order valence-electron chi connectivity index (χ0n) is 21.7. The Morgan fingerprint density at radius 1 is 0.242 bits per heavy atom. The summed E-state index contributed by atoms with van der Waals surface area (Å²) in [7, 11) is 0.872. The molecule has 0 amide bonds. The van der Waals surface area contributed by atoms with E-state index in [9.17, 15) is 0 Å². The molecule has 0 aliphatic heterocycles. The van der Waals surface area contributed by atoms with E-state index in [0.29, 0.717) is 15.8 Å². The van der Waals surface area contributed by atoms with Gasteiger partial charge in [-0.15, -0.1) is 0 Å². The molecule has 0 nitrogen and oxygen atoms in total. The van der Waals surface area contributed by atoms with E-state index in [1.807, 2.05) is 0 Å². The van der Waals surface area contributed by atoms with Crippen LogP contribution in [-0.2, 0) is 19.5 Å². The Kier molecular flexibility index (Phi) is 12.0. The van der Waals surface area contributed by atoms with E-state index in [0.717, 1.165) is 0 Å². The van der Waals surface area contributed by atoms with Crippen LogP contribution in [0, 0.1) is 0 Å². The zero-order valence-corrected chi connectivity index (χ0v) is 25.2. The van der Waals surface area contributed by atoms with Crippen LogP contribution in [0.1, 0.15) is 154 Å². The molecule has 6 saturated carbocycles. The van der Waals surface area contributed by atoms with Crippen LogP contribution in [0.15, 0.2) is 0 Å². The molecular formula is C30H54P2Ru. The van der Waals surface area contributed by atoms with E-state index in [4.69, 9.17) is 0 Å². The first-order valence-corrected chi connectivity index (χ1v) is 18.5. The molecule has 33 heavy (non-hydrogen) atoms. The molecule has 0 spiro atoms. The van der Waals surface area contributed by atoms with Gasteiger partial charge in [0.25, 0.3) is 0 Å². The zero-order chi connectivity index (χ0) is 21.6. The van der Waals surface area contributed by atoms with Crippen LogP contribution in [0.3, 0.4) is 0 Å². The fraction of sp³-hybridized carbons (Fsp3) is 1.00. The van der Waals surface area contributed by atoms with E-state index in [1.165, 1.54) is 34.0 Å². The third-order valence-corrected chi connectivity index (χ3v) is 18.6. The van der Waals surface area contributed by atoms with Gasteiger partial charge >= 0.3 is 0 Å². The van der Waals surface area contributed by atoms with Crippen molar-refractivity contribution in [1.82, 2.24) is 0 Å². The molecule has 0 atom stereocenters. The Labute approximate surface area is 222 Å². The van der Waals surface area contributed by atoms with Gasteiger partial charge in [0, 0.05) is 19.5 Å². The number of hydrogen-bond donors (Lipinski definition) is 0. The molecule has 0 aromatic rings. The van der Waals surface area contributed by atoms with Gasteiger partial charge in [-0.05, 0) is 111 Å². The van der Waals surface area contributed by atoms with Gasteiger partial charge in [-0.2, -0.15) is 0 Å². The van der Waals surface area contributed by atoms with Crippen LogP contribution in [0.25, 0.3) is 0 Å². The smallest absolute Gasteiger partial charge is 0 e. The second kappa shape index (κ2) is 14.4. The minimum Gasteiger partial charge on any atom is -0.0971 e. The monoisotopic (exact) mass is 578 g/mol. The molecule has 3 heteroatoms. The predicted octanol–water partition coefficient (Wildman–Crippen LogP) is 10.6. The fourth-order valence-corrected chi connectivity index (χ4v) is 18.3. The van der Waals surface area contributed by atoms with Crippen molar-refractivity contribution in [1.29, 1.82) is 0 Å². The topological polar surface area (TPSA) is 0 Å². The molecule has 0 heterocycles. The van der Waals surface area contributed by atoms with E-state index in [1.54, 1.807) is 154 Å². The largest absolute Gasteiger partial charge is 0.0971 e. The Morgan fingerprint density at radius 3 is 0.485 bits per heavy atom.